The molecule has 2 aliphatic rings. The first-order valence-electron chi connectivity index (χ1n) is 10.5. The zero-order valence-corrected chi connectivity index (χ0v) is 16.8. The van der Waals surface area contributed by atoms with Crippen LogP contribution >= 0.6 is 0 Å². The van der Waals surface area contributed by atoms with Gasteiger partial charge < -0.3 is 9.64 Å². The molecule has 3 heterocycles. The average molecular weight is 390 g/mol. The van der Waals surface area contributed by atoms with Gasteiger partial charge in [-0.2, -0.15) is 0 Å². The van der Waals surface area contributed by atoms with Crippen LogP contribution in [0.1, 0.15) is 32.1 Å². The van der Waals surface area contributed by atoms with Gasteiger partial charge in [-0.05, 0) is 62.1 Å². The number of benzene rings is 1. The molecule has 2 fully saturated rings. The van der Waals surface area contributed by atoms with E-state index in [-0.39, 0.29) is 11.7 Å². The summed E-state index contributed by atoms with van der Waals surface area (Å²) >= 11 is 0. The first-order valence-corrected chi connectivity index (χ1v) is 10.5. The second kappa shape index (κ2) is 7.59. The van der Waals surface area contributed by atoms with Crippen molar-refractivity contribution in [2.45, 2.75) is 44.2 Å². The van der Waals surface area contributed by atoms with E-state index < -0.39 is 0 Å². The quantitative estimate of drug-likeness (QED) is 0.683. The number of aromatic nitrogens is 3. The van der Waals surface area contributed by atoms with Crippen LogP contribution in [-0.4, -0.2) is 44.7 Å². The smallest absolute Gasteiger partial charge is 0.263 e. The first-order chi connectivity index (χ1) is 14.2. The molecule has 0 unspecified atom stereocenters. The monoisotopic (exact) mass is 390 g/mol. The summed E-state index contributed by atoms with van der Waals surface area (Å²) in [4.78, 5) is 24.1. The minimum absolute atomic E-state index is 0.0864. The van der Waals surface area contributed by atoms with Gasteiger partial charge in [-0.25, -0.2) is 9.97 Å². The lowest BCUT2D eigenvalue weighted by Gasteiger charge is -2.41. The molecular formula is C23H26N4O2. The number of ether oxygens (including phenoxy) is 1. The van der Waals surface area contributed by atoms with E-state index in [0.717, 1.165) is 43.3 Å². The molecule has 5 rings (SSSR count). The van der Waals surface area contributed by atoms with Crippen LogP contribution in [0.25, 0.3) is 22.4 Å². The Bertz CT molecular complexity index is 1060. The molecule has 2 aromatic heterocycles. The fourth-order valence-corrected chi connectivity index (χ4v) is 4.35. The molecule has 0 bridgehead atoms. The molecule has 1 aliphatic heterocycles. The van der Waals surface area contributed by atoms with E-state index in [9.17, 15) is 4.79 Å². The lowest BCUT2D eigenvalue weighted by molar-refractivity contribution is 0.0493. The molecule has 1 aromatic carbocycles. The molecule has 1 saturated carbocycles. The molecule has 6 nitrogen and oxygen atoms in total. The van der Waals surface area contributed by atoms with E-state index in [2.05, 4.69) is 14.9 Å². The third-order valence-electron chi connectivity index (χ3n) is 6.33. The van der Waals surface area contributed by atoms with E-state index in [4.69, 9.17) is 4.74 Å². The predicted molar refractivity (Wildman–Crippen MR) is 113 cm³/mol. The number of likely N-dealkylation sites (tertiary alicyclic amines) is 1. The van der Waals surface area contributed by atoms with Gasteiger partial charge in [0.2, 0.25) is 0 Å². The number of hydrogen-bond donors (Lipinski definition) is 0. The topological polar surface area (TPSA) is 60.2 Å². The van der Waals surface area contributed by atoms with E-state index in [1.54, 1.807) is 29.9 Å². The highest BCUT2D eigenvalue weighted by molar-refractivity contribution is 5.75. The highest BCUT2D eigenvalue weighted by Gasteiger charge is 2.29. The Morgan fingerprint density at radius 1 is 1.03 bits per heavy atom. The number of piperidine rings is 1. The normalized spacial score (nSPS) is 18.7. The Balaban J connectivity index is 1.30. The van der Waals surface area contributed by atoms with Crippen LogP contribution in [0.3, 0.4) is 0 Å². The Hall–Kier alpha value is -2.73. The molecule has 29 heavy (non-hydrogen) atoms. The summed E-state index contributed by atoms with van der Waals surface area (Å²) in [5.41, 5.74) is 1.27. The second-order valence-corrected chi connectivity index (χ2v) is 8.14. The highest BCUT2D eigenvalue weighted by Crippen LogP contribution is 2.29. The number of nitrogens with zero attached hydrogens (tertiary/aromatic N) is 4. The maximum atomic E-state index is 12.6. The predicted octanol–water partition coefficient (Wildman–Crippen LogP) is 3.39. The third kappa shape index (κ3) is 3.53. The molecule has 150 valence electrons. The van der Waals surface area contributed by atoms with Gasteiger partial charge in [-0.1, -0.05) is 6.42 Å². The van der Waals surface area contributed by atoms with Crippen molar-refractivity contribution < 1.29 is 4.74 Å². The molecule has 3 aromatic rings. The fourth-order valence-electron chi connectivity index (χ4n) is 4.35. The molecule has 1 saturated heterocycles. The average Bonchev–Trinajstić information content (AvgIpc) is 2.72. The lowest BCUT2D eigenvalue weighted by Crippen LogP contribution is -2.46. The summed E-state index contributed by atoms with van der Waals surface area (Å²) in [5, 5.41) is 0.534. The largest absolute Gasteiger partial charge is 0.490 e. The van der Waals surface area contributed by atoms with Crippen molar-refractivity contribution in [1.29, 1.82) is 0 Å². The van der Waals surface area contributed by atoms with Gasteiger partial charge in [0.15, 0.2) is 5.65 Å². The summed E-state index contributed by atoms with van der Waals surface area (Å²) in [5.74, 6) is 1.49. The molecule has 6 heteroatoms. The van der Waals surface area contributed by atoms with Crippen LogP contribution in [0.2, 0.25) is 0 Å². The van der Waals surface area contributed by atoms with Crippen molar-refractivity contribution in [2.24, 2.45) is 7.05 Å². The summed E-state index contributed by atoms with van der Waals surface area (Å²) in [6.07, 6.45) is 8.24. The Morgan fingerprint density at radius 2 is 1.79 bits per heavy atom. The molecule has 0 radical (unpaired) electrons. The second-order valence-electron chi connectivity index (χ2n) is 8.14. The zero-order valence-electron chi connectivity index (χ0n) is 16.8. The first kappa shape index (κ1) is 18.3. The van der Waals surface area contributed by atoms with Gasteiger partial charge in [0, 0.05) is 37.9 Å². The maximum Gasteiger partial charge on any atom is 0.263 e. The zero-order chi connectivity index (χ0) is 19.8. The van der Waals surface area contributed by atoms with Crippen LogP contribution in [0.15, 0.2) is 47.4 Å². The number of hydrogen-bond acceptors (Lipinski definition) is 5. The van der Waals surface area contributed by atoms with Crippen LogP contribution in [0.4, 0.5) is 0 Å². The Morgan fingerprint density at radius 3 is 2.48 bits per heavy atom. The number of fused-ring (bicyclic) bond motifs is 1. The SMILES string of the molecule is Cn1c(-c2ccc(OC3CCN(C4CCC4)CC3)cc2)nc2ncccc2c1=O. The van der Waals surface area contributed by atoms with Crippen molar-refractivity contribution >= 4 is 11.0 Å². The number of rotatable bonds is 4. The van der Waals surface area contributed by atoms with Crippen molar-refractivity contribution in [3.05, 3.63) is 52.9 Å². The van der Waals surface area contributed by atoms with Crippen molar-refractivity contribution in [1.82, 2.24) is 19.4 Å². The van der Waals surface area contributed by atoms with E-state index in [1.807, 2.05) is 24.3 Å². The summed E-state index contributed by atoms with van der Waals surface area (Å²) < 4.78 is 7.80. The molecule has 0 N–H and O–H groups in total. The van der Waals surface area contributed by atoms with Crippen LogP contribution in [0, 0.1) is 0 Å². The van der Waals surface area contributed by atoms with Crippen LogP contribution in [0.5, 0.6) is 5.75 Å². The lowest BCUT2D eigenvalue weighted by atomic mass is 9.90. The number of pyridine rings is 1. The standard InChI is InChI=1S/C23H26N4O2/c1-26-22(25-21-20(23(26)28)6-3-13-24-21)16-7-9-18(10-8-16)29-19-11-14-27(15-12-19)17-4-2-5-17/h3,6-10,13,17,19H,2,4-5,11-12,14-15H2,1H3. The summed E-state index contributed by atoms with van der Waals surface area (Å²) in [6, 6.07) is 12.2. The summed E-state index contributed by atoms with van der Waals surface area (Å²) in [6.45, 7) is 2.28. The van der Waals surface area contributed by atoms with Crippen molar-refractivity contribution in [3.63, 3.8) is 0 Å². The fraction of sp³-hybridized carbons (Fsp3) is 0.435. The van der Waals surface area contributed by atoms with Gasteiger partial charge in [-0.3, -0.25) is 9.36 Å². The van der Waals surface area contributed by atoms with Crippen molar-refractivity contribution in [3.8, 4) is 17.1 Å². The molecule has 0 atom stereocenters. The highest BCUT2D eigenvalue weighted by atomic mass is 16.5. The van der Waals surface area contributed by atoms with Gasteiger partial charge in [-0.15, -0.1) is 0 Å². The minimum atomic E-state index is -0.0864. The summed E-state index contributed by atoms with van der Waals surface area (Å²) in [7, 11) is 1.75. The maximum absolute atomic E-state index is 12.6. The molecular weight excluding hydrogens is 364 g/mol. The molecule has 1 aliphatic carbocycles. The van der Waals surface area contributed by atoms with E-state index in [0.29, 0.717) is 16.9 Å². The third-order valence-corrected chi connectivity index (χ3v) is 6.33. The van der Waals surface area contributed by atoms with Crippen molar-refractivity contribution in [2.75, 3.05) is 13.1 Å². The molecule has 0 amide bonds. The molecule has 0 spiro atoms. The van der Waals surface area contributed by atoms with Gasteiger partial charge in [0.25, 0.3) is 5.56 Å². The van der Waals surface area contributed by atoms with E-state index >= 15 is 0 Å². The van der Waals surface area contributed by atoms with E-state index in [1.165, 1.54) is 19.3 Å². The van der Waals surface area contributed by atoms with Gasteiger partial charge in [0.1, 0.15) is 17.7 Å². The van der Waals surface area contributed by atoms with Gasteiger partial charge in [0.05, 0.1) is 5.39 Å². The van der Waals surface area contributed by atoms with Gasteiger partial charge >= 0.3 is 0 Å². The minimum Gasteiger partial charge on any atom is -0.490 e. The van der Waals surface area contributed by atoms with Crippen LogP contribution < -0.4 is 10.3 Å². The Labute approximate surface area is 170 Å². The van der Waals surface area contributed by atoms with Crippen LogP contribution in [-0.2, 0) is 7.05 Å². The Kier molecular flexibility index (Phi) is 4.79.